The summed E-state index contributed by atoms with van der Waals surface area (Å²) in [6.07, 6.45) is 5.51. The minimum atomic E-state index is -0.653. The molecule has 1 aliphatic carbocycles. The van der Waals surface area contributed by atoms with E-state index in [1.807, 2.05) is 0 Å². The van der Waals surface area contributed by atoms with Gasteiger partial charge in [-0.15, -0.1) is 0 Å². The van der Waals surface area contributed by atoms with E-state index in [9.17, 15) is 9.59 Å². The van der Waals surface area contributed by atoms with Crippen LogP contribution in [0.25, 0.3) is 0 Å². The molecule has 19 heavy (non-hydrogen) atoms. The summed E-state index contributed by atoms with van der Waals surface area (Å²) in [7, 11) is 0. The van der Waals surface area contributed by atoms with Gasteiger partial charge in [0.05, 0.1) is 0 Å². The first kappa shape index (κ1) is 13.9. The fourth-order valence-corrected chi connectivity index (χ4v) is 2.38. The molecule has 1 aromatic heterocycles. The first-order valence-electron chi connectivity index (χ1n) is 6.33. The third-order valence-corrected chi connectivity index (χ3v) is 3.78. The monoisotopic (exact) mass is 284 g/mol. The van der Waals surface area contributed by atoms with Gasteiger partial charge in [0.1, 0.15) is 18.1 Å². The quantitative estimate of drug-likeness (QED) is 0.813. The van der Waals surface area contributed by atoms with Crippen molar-refractivity contribution in [2.45, 2.75) is 44.7 Å². The number of rotatable bonds is 3. The highest BCUT2D eigenvalue weighted by Gasteiger charge is 2.23. The largest absolute Gasteiger partial charge is 0.392 e. The first-order chi connectivity index (χ1) is 9.00. The molecule has 0 bridgehead atoms. The second-order valence-electron chi connectivity index (χ2n) is 4.83. The molecule has 7 heteroatoms. The second kappa shape index (κ2) is 5.61. The summed E-state index contributed by atoms with van der Waals surface area (Å²) in [5.74, 6) is -0.197. The summed E-state index contributed by atoms with van der Waals surface area (Å²) in [5, 5.41) is 2.90. The van der Waals surface area contributed by atoms with Gasteiger partial charge in [-0.1, -0.05) is 24.4 Å². The van der Waals surface area contributed by atoms with Gasteiger partial charge in [0.2, 0.25) is 5.91 Å². The maximum atomic E-state index is 12.1. The fraction of sp³-hybridized carbons (Fsp3) is 0.583. The van der Waals surface area contributed by atoms with Crippen LogP contribution in [0, 0.1) is 0 Å². The van der Waals surface area contributed by atoms with Gasteiger partial charge < -0.3 is 11.1 Å². The number of nitrogens with zero attached hydrogens (tertiary/aromatic N) is 2. The lowest BCUT2D eigenvalue weighted by molar-refractivity contribution is -0.124. The molecule has 1 saturated carbocycles. The molecule has 6 nitrogen and oxygen atoms in total. The maximum Gasteiger partial charge on any atom is 0.278 e. The molecule has 0 aromatic carbocycles. The summed E-state index contributed by atoms with van der Waals surface area (Å²) in [5.41, 5.74) is 4.90. The smallest absolute Gasteiger partial charge is 0.278 e. The molecule has 0 saturated heterocycles. The number of nitrogens with two attached hydrogens (primary N) is 1. The van der Waals surface area contributed by atoms with Gasteiger partial charge in [0.15, 0.2) is 5.15 Å². The van der Waals surface area contributed by atoms with Crippen LogP contribution in [-0.4, -0.2) is 21.5 Å². The number of aromatic nitrogens is 2. The van der Waals surface area contributed by atoms with E-state index >= 15 is 0 Å². The zero-order chi connectivity index (χ0) is 14.0. The summed E-state index contributed by atoms with van der Waals surface area (Å²) in [6, 6.07) is -0.441. The van der Waals surface area contributed by atoms with Gasteiger partial charge in [-0.2, -0.15) is 0 Å². The van der Waals surface area contributed by atoms with E-state index in [4.69, 9.17) is 17.3 Å². The van der Waals surface area contributed by atoms with Crippen molar-refractivity contribution in [1.29, 1.82) is 0 Å². The summed E-state index contributed by atoms with van der Waals surface area (Å²) in [4.78, 5) is 27.8. The number of carbonyl (C=O) groups excluding carboxylic acids is 1. The van der Waals surface area contributed by atoms with Gasteiger partial charge in [0.25, 0.3) is 5.56 Å². The lowest BCUT2D eigenvalue weighted by Crippen LogP contribution is -2.40. The Morgan fingerprint density at radius 1 is 1.58 bits per heavy atom. The van der Waals surface area contributed by atoms with Gasteiger partial charge in [-0.25, -0.2) is 4.98 Å². The maximum absolute atomic E-state index is 12.1. The van der Waals surface area contributed by atoms with Gasteiger partial charge in [0, 0.05) is 6.04 Å². The van der Waals surface area contributed by atoms with E-state index in [0.29, 0.717) is 0 Å². The molecule has 1 heterocycles. The Labute approximate surface area is 116 Å². The molecule has 1 aromatic rings. The highest BCUT2D eigenvalue weighted by atomic mass is 35.5. The summed E-state index contributed by atoms with van der Waals surface area (Å²) in [6.45, 7) is 1.64. The number of halogens is 1. The third kappa shape index (κ3) is 2.89. The lowest BCUT2D eigenvalue weighted by Gasteiger charge is -2.18. The van der Waals surface area contributed by atoms with Crippen molar-refractivity contribution in [1.82, 2.24) is 14.9 Å². The minimum absolute atomic E-state index is 0.0374. The van der Waals surface area contributed by atoms with Crippen molar-refractivity contribution in [3.63, 3.8) is 0 Å². The number of hydrogen-bond donors (Lipinski definition) is 2. The standard InChI is InChI=1S/C12H17ClN4O2/c1-7(11(18)16-8-4-2-3-5-8)17-6-15-10(13)9(14)12(17)19/h6-8H,2-5,14H2,1H3,(H,16,18). The fourth-order valence-electron chi connectivity index (χ4n) is 2.26. The number of amides is 1. The molecular formula is C12H17ClN4O2. The zero-order valence-corrected chi connectivity index (χ0v) is 11.5. The summed E-state index contributed by atoms with van der Waals surface area (Å²) >= 11 is 5.66. The minimum Gasteiger partial charge on any atom is -0.392 e. The molecule has 1 atom stereocenters. The van der Waals surface area contributed by atoms with E-state index < -0.39 is 11.6 Å². The van der Waals surface area contributed by atoms with Crippen molar-refractivity contribution in [2.75, 3.05) is 5.73 Å². The molecule has 0 aliphatic heterocycles. The molecule has 1 aliphatic rings. The Morgan fingerprint density at radius 2 is 2.21 bits per heavy atom. The van der Waals surface area contributed by atoms with Crippen LogP contribution >= 0.6 is 11.6 Å². The molecule has 1 amide bonds. The number of carbonyl (C=O) groups is 1. The Kier molecular flexibility index (Phi) is 4.09. The van der Waals surface area contributed by atoms with E-state index in [1.165, 1.54) is 10.9 Å². The Balaban J connectivity index is 2.14. The topological polar surface area (TPSA) is 90.0 Å². The van der Waals surface area contributed by atoms with Gasteiger partial charge in [-0.05, 0) is 19.8 Å². The van der Waals surface area contributed by atoms with E-state index in [2.05, 4.69) is 10.3 Å². The number of anilines is 1. The first-order valence-corrected chi connectivity index (χ1v) is 6.71. The SMILES string of the molecule is CC(C(=O)NC1CCCC1)n1cnc(Cl)c(N)c1=O. The van der Waals surface area contributed by atoms with Crippen molar-refractivity contribution in [3.8, 4) is 0 Å². The molecule has 3 N–H and O–H groups in total. The molecule has 0 radical (unpaired) electrons. The molecule has 0 spiro atoms. The molecule has 104 valence electrons. The van der Waals surface area contributed by atoms with Crippen LogP contribution < -0.4 is 16.6 Å². The predicted molar refractivity (Wildman–Crippen MR) is 73.0 cm³/mol. The van der Waals surface area contributed by atoms with Crippen molar-refractivity contribution < 1.29 is 4.79 Å². The van der Waals surface area contributed by atoms with Crippen LogP contribution in [0.1, 0.15) is 38.6 Å². The van der Waals surface area contributed by atoms with Crippen molar-refractivity contribution >= 4 is 23.2 Å². The Hall–Kier alpha value is -1.56. The summed E-state index contributed by atoms with van der Waals surface area (Å²) < 4.78 is 1.20. The lowest BCUT2D eigenvalue weighted by atomic mass is 10.2. The van der Waals surface area contributed by atoms with Crippen molar-refractivity contribution in [2.24, 2.45) is 0 Å². The van der Waals surface area contributed by atoms with Crippen LogP contribution in [-0.2, 0) is 4.79 Å². The highest BCUT2D eigenvalue weighted by Crippen LogP contribution is 2.18. The van der Waals surface area contributed by atoms with Crippen molar-refractivity contribution in [3.05, 3.63) is 21.8 Å². The average molecular weight is 285 g/mol. The highest BCUT2D eigenvalue weighted by molar-refractivity contribution is 6.31. The molecular weight excluding hydrogens is 268 g/mol. The average Bonchev–Trinajstić information content (AvgIpc) is 2.88. The number of nitrogen functional groups attached to an aromatic ring is 1. The second-order valence-corrected chi connectivity index (χ2v) is 5.19. The number of nitrogens with one attached hydrogen (secondary N) is 1. The Morgan fingerprint density at radius 3 is 2.84 bits per heavy atom. The molecule has 1 unspecified atom stereocenters. The normalized spacial score (nSPS) is 17.4. The Bertz CT molecular complexity index is 537. The van der Waals surface area contributed by atoms with Crippen LogP contribution in [0.15, 0.2) is 11.1 Å². The van der Waals surface area contributed by atoms with Crippen LogP contribution in [0.3, 0.4) is 0 Å². The van der Waals surface area contributed by atoms with E-state index in [0.717, 1.165) is 25.7 Å². The van der Waals surface area contributed by atoms with E-state index in [1.54, 1.807) is 6.92 Å². The zero-order valence-electron chi connectivity index (χ0n) is 10.7. The predicted octanol–water partition coefficient (Wildman–Crippen LogP) is 1.10. The molecule has 1 fully saturated rings. The van der Waals surface area contributed by atoms with Crippen LogP contribution in [0.5, 0.6) is 0 Å². The van der Waals surface area contributed by atoms with Gasteiger partial charge in [-0.3, -0.25) is 14.2 Å². The van der Waals surface area contributed by atoms with Crippen LogP contribution in [0.4, 0.5) is 5.69 Å². The van der Waals surface area contributed by atoms with Crippen LogP contribution in [0.2, 0.25) is 5.15 Å². The number of hydrogen-bond acceptors (Lipinski definition) is 4. The van der Waals surface area contributed by atoms with Gasteiger partial charge >= 0.3 is 0 Å². The molecule has 2 rings (SSSR count). The third-order valence-electron chi connectivity index (χ3n) is 3.48. The van der Waals surface area contributed by atoms with E-state index in [-0.39, 0.29) is 22.8 Å².